The van der Waals surface area contributed by atoms with Gasteiger partial charge in [-0.25, -0.2) is 9.79 Å². The summed E-state index contributed by atoms with van der Waals surface area (Å²) in [4.78, 5) is 45.9. The summed E-state index contributed by atoms with van der Waals surface area (Å²) in [5, 5.41) is 38.9. The van der Waals surface area contributed by atoms with E-state index in [0.29, 0.717) is 37.1 Å². The number of carbonyl (C=O) groups is 3. The van der Waals surface area contributed by atoms with Crippen LogP contribution in [0, 0.1) is 0 Å². The molecule has 2 atom stereocenters. The number of aliphatic hydroxyl groups is 1. The first-order valence-corrected chi connectivity index (χ1v) is 12.4. The van der Waals surface area contributed by atoms with Crippen molar-refractivity contribution in [2.75, 3.05) is 19.6 Å². The third-order valence-electron chi connectivity index (χ3n) is 6.49. The molecule has 1 saturated carbocycles. The fourth-order valence-electron chi connectivity index (χ4n) is 4.90. The zero-order valence-electron chi connectivity index (χ0n) is 21.6. The molecule has 0 radical (unpaired) electrons. The molecule has 0 bridgehead atoms. The molecule has 1 aromatic heterocycles. The van der Waals surface area contributed by atoms with Crippen LogP contribution in [0.15, 0.2) is 47.6 Å². The van der Waals surface area contributed by atoms with Gasteiger partial charge in [-0.1, -0.05) is 18.9 Å². The first-order valence-electron chi connectivity index (χ1n) is 12.4. The minimum absolute atomic E-state index is 0. The number of pyridine rings is 1. The molecule has 0 spiro atoms. The second-order valence-electron chi connectivity index (χ2n) is 9.44. The number of aromatic nitrogens is 1. The van der Waals surface area contributed by atoms with Crippen molar-refractivity contribution in [3.8, 4) is 0 Å². The minimum Gasteiger partial charge on any atom is -0.495 e. The number of nitrogens with zero attached hydrogens (tertiary/aromatic N) is 4. The van der Waals surface area contributed by atoms with E-state index in [2.05, 4.69) is 9.98 Å². The Morgan fingerprint density at radius 1 is 0.902 bits per heavy atom. The van der Waals surface area contributed by atoms with Gasteiger partial charge in [0.1, 0.15) is 0 Å². The molecule has 0 aliphatic heterocycles. The third-order valence-corrected chi connectivity index (χ3v) is 6.49. The SMILES string of the molecule is O=C(O)CN(CC(O)=Nc1cc(C(=O)O)cc(C(F)(F)F)c1)C1CCCC[C@@H]1N(CC(=O)O)Cc1ccccn1.[Fe+2]. The van der Waals surface area contributed by atoms with E-state index < -0.39 is 72.0 Å². The number of aliphatic hydroxyl groups excluding tert-OH is 1. The van der Waals surface area contributed by atoms with Crippen LogP contribution in [-0.2, 0) is 39.4 Å². The van der Waals surface area contributed by atoms with E-state index in [0.717, 1.165) is 12.5 Å². The molecule has 11 nitrogen and oxygen atoms in total. The summed E-state index contributed by atoms with van der Waals surface area (Å²) in [5.74, 6) is -4.67. The molecule has 0 amide bonds. The van der Waals surface area contributed by atoms with Crippen molar-refractivity contribution in [2.45, 2.75) is 50.5 Å². The van der Waals surface area contributed by atoms with Crippen LogP contribution in [-0.4, -0.2) is 90.7 Å². The summed E-state index contributed by atoms with van der Waals surface area (Å²) in [6, 6.07) is 6.12. The summed E-state index contributed by atoms with van der Waals surface area (Å²) in [7, 11) is 0. The maximum atomic E-state index is 13.3. The van der Waals surface area contributed by atoms with E-state index in [-0.39, 0.29) is 30.2 Å². The summed E-state index contributed by atoms with van der Waals surface area (Å²) < 4.78 is 39.8. The quantitative estimate of drug-likeness (QED) is 0.156. The summed E-state index contributed by atoms with van der Waals surface area (Å²) in [5.41, 5.74) is -1.81. The summed E-state index contributed by atoms with van der Waals surface area (Å²) >= 11 is 0. The molecule has 4 N–H and O–H groups in total. The van der Waals surface area contributed by atoms with E-state index in [9.17, 15) is 48.0 Å². The van der Waals surface area contributed by atoms with Gasteiger partial charge in [-0.3, -0.25) is 24.4 Å². The molecular weight excluding hydrogens is 593 g/mol. The number of carboxylic acids is 3. The Morgan fingerprint density at radius 3 is 2.05 bits per heavy atom. The summed E-state index contributed by atoms with van der Waals surface area (Å²) in [6.07, 6.45) is -0.832. The van der Waals surface area contributed by atoms with Gasteiger partial charge >= 0.3 is 41.2 Å². The van der Waals surface area contributed by atoms with Crippen LogP contribution in [0.1, 0.15) is 47.3 Å². The number of aliphatic imine (C=N–C) groups is 1. The van der Waals surface area contributed by atoms with Gasteiger partial charge < -0.3 is 20.4 Å². The Hall–Kier alpha value is -3.52. The average Bonchev–Trinajstić information content (AvgIpc) is 2.87. The largest absolute Gasteiger partial charge is 2.00 e. The number of aliphatic carboxylic acids is 2. The van der Waals surface area contributed by atoms with Crippen molar-refractivity contribution < 1.29 is 65.0 Å². The molecule has 3 rings (SSSR count). The number of hydrogen-bond acceptors (Lipinski definition) is 7. The predicted octanol–water partition coefficient (Wildman–Crippen LogP) is 3.67. The van der Waals surface area contributed by atoms with Crippen LogP contribution in [0.3, 0.4) is 0 Å². The molecule has 0 saturated heterocycles. The van der Waals surface area contributed by atoms with E-state index in [1.54, 1.807) is 29.3 Å². The maximum absolute atomic E-state index is 13.3. The molecule has 222 valence electrons. The van der Waals surface area contributed by atoms with E-state index in [4.69, 9.17) is 0 Å². The van der Waals surface area contributed by atoms with Crippen molar-refractivity contribution in [1.29, 1.82) is 0 Å². The summed E-state index contributed by atoms with van der Waals surface area (Å²) in [6.45, 7) is -1.21. The van der Waals surface area contributed by atoms with Crippen LogP contribution in [0.5, 0.6) is 0 Å². The zero-order chi connectivity index (χ0) is 29.4. The fraction of sp³-hybridized carbons (Fsp3) is 0.423. The molecule has 1 fully saturated rings. The molecule has 1 aromatic carbocycles. The standard InChI is InChI=1S/C26H29F3N4O7.Fe/c27-26(28,29)17-9-16(25(39)40)10-19(11-17)31-22(34)13-33(15-24(37)38)21-7-2-1-6-20(21)32(14-23(35)36)12-18-5-3-4-8-30-18;/h3-5,8-11,20-21H,1-2,6-7,12-15H2,(H,31,34)(H,35,36)(H,37,38)(H,39,40);/q;+2/t20-,21?;/m0./s1. The Labute approximate surface area is 243 Å². The molecule has 1 aliphatic carbocycles. The number of benzene rings is 1. The van der Waals surface area contributed by atoms with Crippen molar-refractivity contribution in [3.63, 3.8) is 0 Å². The maximum Gasteiger partial charge on any atom is 2.00 e. The van der Waals surface area contributed by atoms with Crippen LogP contribution in [0.2, 0.25) is 0 Å². The van der Waals surface area contributed by atoms with Crippen LogP contribution in [0.25, 0.3) is 0 Å². The van der Waals surface area contributed by atoms with Crippen molar-refractivity contribution in [2.24, 2.45) is 4.99 Å². The smallest absolute Gasteiger partial charge is 0.495 e. The van der Waals surface area contributed by atoms with Gasteiger partial charge in [0.25, 0.3) is 0 Å². The van der Waals surface area contributed by atoms with Gasteiger partial charge in [0.15, 0.2) is 0 Å². The van der Waals surface area contributed by atoms with Crippen LogP contribution < -0.4 is 0 Å². The van der Waals surface area contributed by atoms with E-state index >= 15 is 0 Å². The molecule has 41 heavy (non-hydrogen) atoms. The zero-order valence-corrected chi connectivity index (χ0v) is 22.7. The second kappa shape index (κ2) is 14.9. The number of aromatic carboxylic acids is 1. The molecule has 2 aromatic rings. The van der Waals surface area contributed by atoms with Gasteiger partial charge in [-0.05, 0) is 43.2 Å². The van der Waals surface area contributed by atoms with Gasteiger partial charge in [0, 0.05) is 24.8 Å². The topological polar surface area (TPSA) is 164 Å². The molecule has 1 heterocycles. The first kappa shape index (κ1) is 33.7. The van der Waals surface area contributed by atoms with Gasteiger partial charge in [-0.15, -0.1) is 0 Å². The molecule has 1 aliphatic rings. The van der Waals surface area contributed by atoms with Gasteiger partial charge in [-0.2, -0.15) is 13.2 Å². The molecule has 15 heteroatoms. The number of rotatable bonds is 12. The first-order chi connectivity index (χ1) is 18.8. The number of carboxylic acid groups (broad SMARTS) is 3. The number of halogens is 3. The Balaban J connectivity index is 0.00000588. The van der Waals surface area contributed by atoms with E-state index in [1.807, 2.05) is 0 Å². The van der Waals surface area contributed by atoms with Crippen LogP contribution >= 0.6 is 0 Å². The minimum atomic E-state index is -4.86. The molecular formula is C26H29F3FeN4O7+2. The monoisotopic (exact) mass is 622 g/mol. The number of hydrogen-bond donors (Lipinski definition) is 4. The van der Waals surface area contributed by atoms with Crippen molar-refractivity contribution in [1.82, 2.24) is 14.8 Å². The Morgan fingerprint density at radius 2 is 1.51 bits per heavy atom. The Bertz CT molecular complexity index is 1250. The average molecular weight is 622 g/mol. The Kier molecular flexibility index (Phi) is 12.3. The van der Waals surface area contributed by atoms with Crippen LogP contribution in [0.4, 0.5) is 18.9 Å². The van der Waals surface area contributed by atoms with Gasteiger partial charge in [0.05, 0.1) is 42.1 Å². The molecule has 1 unspecified atom stereocenters. The second-order valence-corrected chi connectivity index (χ2v) is 9.44. The normalized spacial score (nSPS) is 17.7. The van der Waals surface area contributed by atoms with Gasteiger partial charge in [0.2, 0.25) is 5.90 Å². The fourth-order valence-corrected chi connectivity index (χ4v) is 4.90. The van der Waals surface area contributed by atoms with Crippen molar-refractivity contribution in [3.05, 3.63) is 59.4 Å². The van der Waals surface area contributed by atoms with E-state index in [1.165, 1.54) is 4.90 Å². The number of alkyl halides is 3. The third kappa shape index (κ3) is 10.1. The predicted molar refractivity (Wildman–Crippen MR) is 136 cm³/mol. The van der Waals surface area contributed by atoms with Crippen molar-refractivity contribution >= 4 is 29.5 Å².